The summed E-state index contributed by atoms with van der Waals surface area (Å²) in [6.45, 7) is 3.28. The molecule has 0 bridgehead atoms. The van der Waals surface area contributed by atoms with Gasteiger partial charge in [0, 0.05) is 11.6 Å². The Kier molecular flexibility index (Phi) is 7.31. The second kappa shape index (κ2) is 10.3. The number of carboxylic acids is 2. The first-order valence-electron chi connectivity index (χ1n) is 12.8. The first-order valence-corrected chi connectivity index (χ1v) is 12.8. The zero-order valence-corrected chi connectivity index (χ0v) is 21.1. The first kappa shape index (κ1) is 26.3. The molecule has 2 fully saturated rings. The van der Waals surface area contributed by atoms with E-state index in [1.165, 1.54) is 0 Å². The van der Waals surface area contributed by atoms with Gasteiger partial charge in [-0.2, -0.15) is 0 Å². The zero-order valence-electron chi connectivity index (χ0n) is 21.1. The summed E-state index contributed by atoms with van der Waals surface area (Å²) < 4.78 is 0. The van der Waals surface area contributed by atoms with Crippen molar-refractivity contribution in [2.45, 2.75) is 58.0 Å². The summed E-state index contributed by atoms with van der Waals surface area (Å²) in [5.41, 5.74) is -2.15. The third kappa shape index (κ3) is 4.25. The van der Waals surface area contributed by atoms with Crippen molar-refractivity contribution in [1.82, 2.24) is 4.90 Å². The molecule has 5 unspecified atom stereocenters. The maximum Gasteiger partial charge on any atom is 0.407 e. The molecule has 194 valence electrons. The van der Waals surface area contributed by atoms with Crippen LogP contribution < -0.4 is 0 Å². The SMILES string of the molecule is CCC1(C(=O)O)C(C)N(C(=O)O)C(C2CCC2)C(Cc2ccccc2)(C(=O)O)C1C#Cc1ccccc1. The monoisotopic (exact) mass is 503 g/mol. The minimum absolute atomic E-state index is 0.0238. The lowest BCUT2D eigenvalue weighted by Gasteiger charge is -2.62. The minimum Gasteiger partial charge on any atom is -0.481 e. The predicted molar refractivity (Wildman–Crippen MR) is 138 cm³/mol. The summed E-state index contributed by atoms with van der Waals surface area (Å²) in [6.07, 6.45) is 0.970. The molecular weight excluding hydrogens is 470 g/mol. The fraction of sp³-hybridized carbons (Fsp3) is 0.433. The van der Waals surface area contributed by atoms with E-state index in [9.17, 15) is 29.7 Å². The van der Waals surface area contributed by atoms with E-state index in [-0.39, 0.29) is 18.8 Å². The van der Waals surface area contributed by atoms with Gasteiger partial charge < -0.3 is 15.3 Å². The molecule has 1 aliphatic carbocycles. The molecular formula is C30H33NO6. The first-order chi connectivity index (χ1) is 17.7. The molecule has 2 aromatic rings. The maximum atomic E-state index is 13.6. The van der Waals surface area contributed by atoms with Gasteiger partial charge in [0.15, 0.2) is 0 Å². The molecule has 7 heteroatoms. The Morgan fingerprint density at radius 2 is 1.49 bits per heavy atom. The third-order valence-corrected chi connectivity index (χ3v) is 8.69. The Balaban J connectivity index is 2.07. The van der Waals surface area contributed by atoms with E-state index < -0.39 is 46.9 Å². The van der Waals surface area contributed by atoms with E-state index in [0.717, 1.165) is 11.3 Å². The van der Waals surface area contributed by atoms with Gasteiger partial charge in [-0.3, -0.25) is 14.5 Å². The van der Waals surface area contributed by atoms with Crippen LogP contribution in [-0.2, 0) is 16.0 Å². The Hall–Kier alpha value is -3.79. The Bertz CT molecular complexity index is 1210. The van der Waals surface area contributed by atoms with E-state index in [4.69, 9.17) is 0 Å². The smallest absolute Gasteiger partial charge is 0.407 e. The molecule has 2 aromatic carbocycles. The van der Waals surface area contributed by atoms with E-state index in [1.54, 1.807) is 38.1 Å². The molecule has 3 N–H and O–H groups in total. The van der Waals surface area contributed by atoms with Crippen LogP contribution in [0, 0.1) is 34.5 Å². The number of piperidine rings is 1. The van der Waals surface area contributed by atoms with Gasteiger partial charge >= 0.3 is 18.0 Å². The standard InChI is InChI=1S/C30H33NO6/c1-3-29(26(32)33)20(2)31(28(36)37)25(23-15-10-16-23)30(27(34)35,19-22-13-8-5-9-14-22)24(29)18-17-21-11-6-4-7-12-21/h4-9,11-14,20,23-25H,3,10,15-16,19H2,1-2H3,(H,32,33)(H,34,35)(H,36,37). The van der Waals surface area contributed by atoms with Crippen LogP contribution in [0.15, 0.2) is 60.7 Å². The molecule has 1 saturated heterocycles. The van der Waals surface area contributed by atoms with Crippen LogP contribution >= 0.6 is 0 Å². The van der Waals surface area contributed by atoms with Gasteiger partial charge in [-0.15, -0.1) is 0 Å². The van der Waals surface area contributed by atoms with E-state index in [2.05, 4.69) is 11.8 Å². The van der Waals surface area contributed by atoms with Crippen LogP contribution in [0.1, 0.15) is 50.7 Å². The molecule has 1 saturated carbocycles. The van der Waals surface area contributed by atoms with Crippen LogP contribution in [0.2, 0.25) is 0 Å². The van der Waals surface area contributed by atoms with Crippen molar-refractivity contribution < 1.29 is 29.7 Å². The van der Waals surface area contributed by atoms with Gasteiger partial charge in [-0.25, -0.2) is 4.79 Å². The predicted octanol–water partition coefficient (Wildman–Crippen LogP) is 5.00. The number of nitrogens with zero attached hydrogens (tertiary/aromatic N) is 1. The number of benzene rings is 2. The topological polar surface area (TPSA) is 115 Å². The van der Waals surface area contributed by atoms with Crippen LogP contribution in [0.3, 0.4) is 0 Å². The van der Waals surface area contributed by atoms with Crippen molar-refractivity contribution in [3.8, 4) is 11.8 Å². The Morgan fingerprint density at radius 3 is 1.95 bits per heavy atom. The molecule has 7 nitrogen and oxygen atoms in total. The average molecular weight is 504 g/mol. The lowest BCUT2D eigenvalue weighted by atomic mass is 9.47. The molecule has 37 heavy (non-hydrogen) atoms. The molecule has 1 aliphatic heterocycles. The molecule has 1 amide bonds. The summed E-state index contributed by atoms with van der Waals surface area (Å²) in [5.74, 6) is 2.44. The van der Waals surface area contributed by atoms with Crippen molar-refractivity contribution in [3.05, 3.63) is 71.8 Å². The van der Waals surface area contributed by atoms with Gasteiger partial charge in [0.1, 0.15) is 10.8 Å². The van der Waals surface area contributed by atoms with E-state index in [0.29, 0.717) is 24.0 Å². The molecule has 1 heterocycles. The second-order valence-electron chi connectivity index (χ2n) is 10.3. The van der Waals surface area contributed by atoms with Crippen molar-refractivity contribution in [1.29, 1.82) is 0 Å². The number of amides is 1. The van der Waals surface area contributed by atoms with Gasteiger partial charge in [-0.05, 0) is 56.2 Å². The molecule has 0 aromatic heterocycles. The number of carboxylic acid groups (broad SMARTS) is 3. The highest BCUT2D eigenvalue weighted by atomic mass is 16.4. The van der Waals surface area contributed by atoms with Crippen molar-refractivity contribution >= 4 is 18.0 Å². The van der Waals surface area contributed by atoms with Crippen LogP contribution in [0.4, 0.5) is 4.79 Å². The summed E-state index contributed by atoms with van der Waals surface area (Å²) in [5, 5.41) is 32.2. The minimum atomic E-state index is -1.77. The second-order valence-corrected chi connectivity index (χ2v) is 10.3. The average Bonchev–Trinajstić information content (AvgIpc) is 2.84. The van der Waals surface area contributed by atoms with Gasteiger partial charge in [0.2, 0.25) is 0 Å². The van der Waals surface area contributed by atoms with Crippen LogP contribution in [-0.4, -0.2) is 50.3 Å². The Labute approximate surface area is 217 Å². The van der Waals surface area contributed by atoms with Crippen molar-refractivity contribution in [2.75, 3.05) is 0 Å². The number of carbonyl (C=O) groups is 3. The molecule has 5 atom stereocenters. The Morgan fingerprint density at radius 1 is 0.919 bits per heavy atom. The highest BCUT2D eigenvalue weighted by Gasteiger charge is 2.71. The lowest BCUT2D eigenvalue weighted by Crippen LogP contribution is -2.75. The highest BCUT2D eigenvalue weighted by molar-refractivity contribution is 5.85. The third-order valence-electron chi connectivity index (χ3n) is 8.69. The van der Waals surface area contributed by atoms with Crippen molar-refractivity contribution in [3.63, 3.8) is 0 Å². The molecule has 0 radical (unpaired) electrons. The highest BCUT2D eigenvalue weighted by Crippen LogP contribution is 2.59. The van der Waals surface area contributed by atoms with Crippen LogP contribution in [0.25, 0.3) is 0 Å². The summed E-state index contributed by atoms with van der Waals surface area (Å²) in [7, 11) is 0. The van der Waals surface area contributed by atoms with Crippen LogP contribution in [0.5, 0.6) is 0 Å². The van der Waals surface area contributed by atoms with Gasteiger partial charge in [0.05, 0.1) is 12.0 Å². The van der Waals surface area contributed by atoms with E-state index >= 15 is 0 Å². The lowest BCUT2D eigenvalue weighted by molar-refractivity contribution is -0.197. The fourth-order valence-electron chi connectivity index (χ4n) is 6.65. The number of rotatable bonds is 6. The number of likely N-dealkylation sites (tertiary alicyclic amines) is 1. The molecule has 2 aliphatic rings. The van der Waals surface area contributed by atoms with Gasteiger partial charge in [-0.1, -0.05) is 73.7 Å². The quantitative estimate of drug-likeness (QED) is 0.478. The number of aliphatic carboxylic acids is 2. The van der Waals surface area contributed by atoms with E-state index in [1.807, 2.05) is 36.4 Å². The summed E-state index contributed by atoms with van der Waals surface area (Å²) in [6, 6.07) is 16.2. The summed E-state index contributed by atoms with van der Waals surface area (Å²) in [4.78, 5) is 40.7. The largest absolute Gasteiger partial charge is 0.481 e. The molecule has 0 spiro atoms. The normalized spacial score (nSPS) is 29.5. The summed E-state index contributed by atoms with van der Waals surface area (Å²) >= 11 is 0. The van der Waals surface area contributed by atoms with Crippen molar-refractivity contribution in [2.24, 2.45) is 22.7 Å². The zero-order chi connectivity index (χ0) is 26.8. The number of hydrogen-bond donors (Lipinski definition) is 3. The maximum absolute atomic E-state index is 13.6. The number of hydrogen-bond acceptors (Lipinski definition) is 3. The van der Waals surface area contributed by atoms with Gasteiger partial charge in [0.25, 0.3) is 0 Å². The molecule has 4 rings (SSSR count). The fourth-order valence-corrected chi connectivity index (χ4v) is 6.65.